The van der Waals surface area contributed by atoms with Crippen LogP contribution in [0, 0.1) is 13.8 Å². The zero-order valence-corrected chi connectivity index (χ0v) is 16.0. The van der Waals surface area contributed by atoms with Gasteiger partial charge in [-0.05, 0) is 20.3 Å². The molecule has 7 nitrogen and oxygen atoms in total. The second-order valence-electron chi connectivity index (χ2n) is 6.02. The molecule has 0 aliphatic rings. The van der Waals surface area contributed by atoms with E-state index in [2.05, 4.69) is 15.5 Å². The molecule has 3 rings (SSSR count). The molecule has 0 radical (unpaired) electrons. The Morgan fingerprint density at radius 2 is 2.00 bits per heavy atom. The van der Waals surface area contributed by atoms with Gasteiger partial charge in [-0.15, -0.1) is 11.3 Å². The van der Waals surface area contributed by atoms with Crippen LogP contribution in [-0.2, 0) is 9.53 Å². The van der Waals surface area contributed by atoms with E-state index < -0.39 is 18.0 Å². The number of benzene rings is 1. The smallest absolute Gasteiger partial charge is 0.358 e. The van der Waals surface area contributed by atoms with Crippen LogP contribution in [-0.4, -0.2) is 28.1 Å². The second kappa shape index (κ2) is 8.13. The summed E-state index contributed by atoms with van der Waals surface area (Å²) >= 11 is 1.35. The largest absolute Gasteiger partial charge is 0.448 e. The van der Waals surface area contributed by atoms with Gasteiger partial charge in [0, 0.05) is 17.0 Å². The molecule has 2 aromatic heterocycles. The number of rotatable bonds is 6. The molecule has 0 aliphatic carbocycles. The number of aromatic nitrogens is 2. The number of carbonyl (C=O) groups excluding carboxylic acids is 2. The monoisotopic (exact) mass is 385 g/mol. The van der Waals surface area contributed by atoms with Gasteiger partial charge in [-0.1, -0.05) is 41.9 Å². The zero-order valence-electron chi connectivity index (χ0n) is 15.2. The molecular weight excluding hydrogens is 366 g/mol. The topological polar surface area (TPSA) is 94.3 Å². The lowest BCUT2D eigenvalue weighted by Crippen LogP contribution is -2.32. The SMILES string of the molecule is CCC(OC(=O)c1csc(-c2ccc(C)cc2)n1)C(=O)Nc1cc(C)on1. The Bertz CT molecular complexity index is 946. The van der Waals surface area contributed by atoms with E-state index in [1.807, 2.05) is 31.2 Å². The Labute approximate surface area is 160 Å². The van der Waals surface area contributed by atoms with E-state index in [-0.39, 0.29) is 11.5 Å². The lowest BCUT2D eigenvalue weighted by molar-refractivity contribution is -0.124. The molecule has 0 fully saturated rings. The van der Waals surface area contributed by atoms with Crippen LogP contribution < -0.4 is 5.32 Å². The summed E-state index contributed by atoms with van der Waals surface area (Å²) < 4.78 is 10.2. The molecule has 1 unspecified atom stereocenters. The van der Waals surface area contributed by atoms with Crippen LogP contribution in [0.15, 0.2) is 40.2 Å². The zero-order chi connectivity index (χ0) is 19.4. The average Bonchev–Trinajstić information content (AvgIpc) is 3.29. The minimum Gasteiger partial charge on any atom is -0.448 e. The van der Waals surface area contributed by atoms with Crippen LogP contribution >= 0.6 is 11.3 Å². The highest BCUT2D eigenvalue weighted by Crippen LogP contribution is 2.24. The molecule has 140 valence electrons. The molecule has 0 saturated carbocycles. The number of hydrogen-bond donors (Lipinski definition) is 1. The van der Waals surface area contributed by atoms with Gasteiger partial charge < -0.3 is 14.6 Å². The van der Waals surface area contributed by atoms with E-state index in [4.69, 9.17) is 9.26 Å². The molecule has 1 N–H and O–H groups in total. The number of anilines is 1. The van der Waals surface area contributed by atoms with Crippen molar-refractivity contribution in [1.82, 2.24) is 10.1 Å². The van der Waals surface area contributed by atoms with E-state index in [9.17, 15) is 9.59 Å². The molecule has 2 heterocycles. The average molecular weight is 385 g/mol. The van der Waals surface area contributed by atoms with Crippen molar-refractivity contribution in [3.63, 3.8) is 0 Å². The normalized spacial score (nSPS) is 11.8. The first-order valence-corrected chi connectivity index (χ1v) is 9.32. The van der Waals surface area contributed by atoms with Gasteiger partial charge in [0.2, 0.25) is 0 Å². The predicted molar refractivity (Wildman–Crippen MR) is 102 cm³/mol. The summed E-state index contributed by atoms with van der Waals surface area (Å²) in [7, 11) is 0. The van der Waals surface area contributed by atoms with Gasteiger partial charge in [0.15, 0.2) is 17.6 Å². The van der Waals surface area contributed by atoms with Crippen LogP contribution in [0.1, 0.15) is 35.2 Å². The van der Waals surface area contributed by atoms with E-state index in [0.29, 0.717) is 12.2 Å². The lowest BCUT2D eigenvalue weighted by Gasteiger charge is -2.14. The van der Waals surface area contributed by atoms with E-state index in [1.54, 1.807) is 25.3 Å². The predicted octanol–water partition coefficient (Wildman–Crippen LogP) is 3.99. The number of thiazole rings is 1. The van der Waals surface area contributed by atoms with Crippen LogP contribution in [0.4, 0.5) is 5.82 Å². The third kappa shape index (κ3) is 4.59. The van der Waals surface area contributed by atoms with Gasteiger partial charge in [-0.25, -0.2) is 9.78 Å². The minimum absolute atomic E-state index is 0.180. The van der Waals surface area contributed by atoms with Crippen molar-refractivity contribution in [3.8, 4) is 10.6 Å². The molecule has 8 heteroatoms. The van der Waals surface area contributed by atoms with Crippen molar-refractivity contribution < 1.29 is 18.8 Å². The summed E-state index contributed by atoms with van der Waals surface area (Å²) in [5, 5.41) is 8.61. The molecule has 0 saturated heterocycles. The van der Waals surface area contributed by atoms with Crippen LogP contribution in [0.3, 0.4) is 0 Å². The van der Waals surface area contributed by atoms with Crippen molar-refractivity contribution in [2.75, 3.05) is 5.32 Å². The Hall–Kier alpha value is -3.00. The van der Waals surface area contributed by atoms with Gasteiger partial charge in [0.25, 0.3) is 5.91 Å². The Kier molecular flexibility index (Phi) is 5.66. The maximum absolute atomic E-state index is 12.4. The maximum Gasteiger partial charge on any atom is 0.358 e. The van der Waals surface area contributed by atoms with Crippen molar-refractivity contribution >= 4 is 29.0 Å². The number of carbonyl (C=O) groups is 2. The molecule has 1 aromatic carbocycles. The number of ether oxygens (including phenoxy) is 1. The quantitative estimate of drug-likeness (QED) is 0.645. The number of amides is 1. The Morgan fingerprint density at radius 3 is 2.63 bits per heavy atom. The van der Waals surface area contributed by atoms with Crippen molar-refractivity contribution in [2.45, 2.75) is 33.3 Å². The van der Waals surface area contributed by atoms with Crippen LogP contribution in [0.2, 0.25) is 0 Å². The van der Waals surface area contributed by atoms with Gasteiger partial charge >= 0.3 is 5.97 Å². The fourth-order valence-electron chi connectivity index (χ4n) is 2.34. The Morgan fingerprint density at radius 1 is 1.26 bits per heavy atom. The summed E-state index contributed by atoms with van der Waals surface area (Å²) in [5.41, 5.74) is 2.25. The molecule has 0 spiro atoms. The van der Waals surface area contributed by atoms with E-state index in [0.717, 1.165) is 16.1 Å². The highest BCUT2D eigenvalue weighted by atomic mass is 32.1. The first-order chi connectivity index (χ1) is 13.0. The van der Waals surface area contributed by atoms with Crippen LogP contribution in [0.25, 0.3) is 10.6 Å². The van der Waals surface area contributed by atoms with E-state index >= 15 is 0 Å². The number of nitrogens with one attached hydrogen (secondary N) is 1. The molecule has 3 aromatic rings. The first kappa shape index (κ1) is 18.8. The summed E-state index contributed by atoms with van der Waals surface area (Å²) in [6.45, 7) is 5.48. The summed E-state index contributed by atoms with van der Waals surface area (Å²) in [5.74, 6) is -0.250. The van der Waals surface area contributed by atoms with Crippen molar-refractivity contribution in [1.29, 1.82) is 0 Å². The van der Waals surface area contributed by atoms with E-state index in [1.165, 1.54) is 11.3 Å². The molecular formula is C19H19N3O4S. The highest BCUT2D eigenvalue weighted by Gasteiger charge is 2.24. The number of nitrogens with zero attached hydrogens (tertiary/aromatic N) is 2. The second-order valence-corrected chi connectivity index (χ2v) is 6.88. The lowest BCUT2D eigenvalue weighted by atomic mass is 10.2. The van der Waals surface area contributed by atoms with Gasteiger partial charge in [-0.2, -0.15) is 0 Å². The van der Waals surface area contributed by atoms with Crippen molar-refractivity contribution in [2.24, 2.45) is 0 Å². The molecule has 27 heavy (non-hydrogen) atoms. The maximum atomic E-state index is 12.4. The summed E-state index contributed by atoms with van der Waals surface area (Å²) in [4.78, 5) is 29.0. The molecule has 1 atom stereocenters. The van der Waals surface area contributed by atoms with Gasteiger partial charge in [0.05, 0.1) is 0 Å². The molecule has 0 bridgehead atoms. The highest BCUT2D eigenvalue weighted by molar-refractivity contribution is 7.13. The summed E-state index contributed by atoms with van der Waals surface area (Å²) in [6.07, 6.45) is -0.623. The molecule has 1 amide bonds. The third-order valence-corrected chi connectivity index (χ3v) is 4.69. The fourth-order valence-corrected chi connectivity index (χ4v) is 3.14. The standard InChI is InChI=1S/C19H19N3O4S/c1-4-15(17(23)21-16-9-12(3)26-22-16)25-19(24)14-10-27-18(20-14)13-7-5-11(2)6-8-13/h5-10,15H,4H2,1-3H3,(H,21,22,23). The van der Waals surface area contributed by atoms with Crippen molar-refractivity contribution in [3.05, 3.63) is 52.7 Å². The fraction of sp³-hybridized carbons (Fsp3) is 0.263. The first-order valence-electron chi connectivity index (χ1n) is 8.44. The third-order valence-electron chi connectivity index (χ3n) is 3.80. The van der Waals surface area contributed by atoms with Gasteiger partial charge in [-0.3, -0.25) is 4.79 Å². The Balaban J connectivity index is 1.66. The van der Waals surface area contributed by atoms with Crippen LogP contribution in [0.5, 0.6) is 0 Å². The number of aryl methyl sites for hydroxylation is 2. The number of esters is 1. The molecule has 0 aliphatic heterocycles. The minimum atomic E-state index is -0.945. The summed E-state index contributed by atoms with van der Waals surface area (Å²) in [6, 6.07) is 9.45. The number of hydrogen-bond acceptors (Lipinski definition) is 7. The van der Waals surface area contributed by atoms with Gasteiger partial charge in [0.1, 0.15) is 10.8 Å².